The number of hydrogen-bond donors (Lipinski definition) is 1. The van der Waals surface area contributed by atoms with Crippen molar-refractivity contribution in [2.45, 2.75) is 33.2 Å². The third-order valence-electron chi connectivity index (χ3n) is 3.08. The third-order valence-corrected chi connectivity index (χ3v) is 7.70. The van der Waals surface area contributed by atoms with Gasteiger partial charge < -0.3 is 13.3 Å². The van der Waals surface area contributed by atoms with E-state index in [9.17, 15) is 0 Å². The average Bonchev–Trinajstić information content (AvgIpc) is 2.53. The SMILES string of the molecule is CCO[Si](CCCSC1=NNN(N(C)C)C=C1Cl)(OCC)OCC. The number of halogens is 1. The summed E-state index contributed by atoms with van der Waals surface area (Å²) in [6, 6.07) is 0.793. The molecule has 0 amide bonds. The summed E-state index contributed by atoms with van der Waals surface area (Å²) in [4.78, 5) is 0. The summed E-state index contributed by atoms with van der Waals surface area (Å²) in [5.41, 5.74) is 2.92. The number of hydrazone groups is 1. The lowest BCUT2D eigenvalue weighted by molar-refractivity contribution is 0.0256. The van der Waals surface area contributed by atoms with Crippen LogP contribution in [0.5, 0.6) is 0 Å². The third kappa shape index (κ3) is 6.91. The molecule has 0 atom stereocenters. The predicted molar refractivity (Wildman–Crippen MR) is 103 cm³/mol. The van der Waals surface area contributed by atoms with Gasteiger partial charge in [-0.25, -0.2) is 15.7 Å². The summed E-state index contributed by atoms with van der Waals surface area (Å²) < 4.78 is 17.6. The van der Waals surface area contributed by atoms with Crippen molar-refractivity contribution >= 4 is 37.2 Å². The molecule has 10 heteroatoms. The monoisotopic (exact) mass is 396 g/mol. The fourth-order valence-electron chi connectivity index (χ4n) is 2.11. The van der Waals surface area contributed by atoms with E-state index in [1.807, 2.05) is 39.9 Å². The maximum atomic E-state index is 6.28. The second-order valence-corrected chi connectivity index (χ2v) is 9.34. The Kier molecular flexibility index (Phi) is 10.3. The van der Waals surface area contributed by atoms with E-state index in [2.05, 4.69) is 10.6 Å². The minimum absolute atomic E-state index is 0.602. The number of nitrogens with zero attached hydrogens (tertiary/aromatic N) is 3. The Morgan fingerprint density at radius 1 is 1.21 bits per heavy atom. The smallest absolute Gasteiger partial charge is 0.374 e. The van der Waals surface area contributed by atoms with Crippen LogP contribution in [0.2, 0.25) is 6.04 Å². The minimum Gasteiger partial charge on any atom is -0.374 e. The number of thioether (sulfide) groups is 1. The van der Waals surface area contributed by atoms with Gasteiger partial charge in [0.15, 0.2) is 0 Å². The number of hydrazine groups is 2. The highest BCUT2D eigenvalue weighted by Crippen LogP contribution is 2.24. The second-order valence-electron chi connectivity index (χ2n) is 5.12. The van der Waals surface area contributed by atoms with Crippen LogP contribution in [0.3, 0.4) is 0 Å². The molecule has 1 N–H and O–H groups in total. The highest BCUT2D eigenvalue weighted by Gasteiger charge is 2.39. The number of rotatable bonds is 11. The Labute approximate surface area is 155 Å². The molecule has 0 spiro atoms. The van der Waals surface area contributed by atoms with Gasteiger partial charge in [-0.3, -0.25) is 0 Å². The molecule has 1 aliphatic heterocycles. The Balaban J connectivity index is 2.47. The molecule has 24 heavy (non-hydrogen) atoms. The first-order chi connectivity index (χ1) is 11.5. The van der Waals surface area contributed by atoms with E-state index in [4.69, 9.17) is 24.9 Å². The standard InChI is InChI=1S/C14H29ClN4O3SSi/c1-6-20-24(21-7-2,22-8-3)11-9-10-23-14-13(15)12-19(17-16-14)18(4)5/h12,17H,6-11H2,1-5H3. The van der Waals surface area contributed by atoms with Crippen LogP contribution in [0.25, 0.3) is 0 Å². The molecule has 0 aliphatic carbocycles. The molecule has 0 fully saturated rings. The lowest BCUT2D eigenvalue weighted by atomic mass is 10.6. The molecule has 0 saturated carbocycles. The summed E-state index contributed by atoms with van der Waals surface area (Å²) in [6.07, 6.45) is 2.72. The fraction of sp³-hybridized carbons (Fsp3) is 0.786. The van der Waals surface area contributed by atoms with Crippen molar-refractivity contribution < 1.29 is 13.3 Å². The van der Waals surface area contributed by atoms with Crippen molar-refractivity contribution in [1.82, 2.24) is 15.7 Å². The molecule has 1 heterocycles. The minimum atomic E-state index is -2.56. The fourth-order valence-corrected chi connectivity index (χ4v) is 6.05. The summed E-state index contributed by atoms with van der Waals surface area (Å²) in [5.74, 6) is 0.870. The van der Waals surface area contributed by atoms with Gasteiger partial charge in [-0.15, -0.1) is 11.8 Å². The lowest BCUT2D eigenvalue weighted by Crippen LogP contribution is -2.46. The Bertz CT molecular complexity index is 423. The first-order valence-electron chi connectivity index (χ1n) is 8.20. The zero-order valence-corrected chi connectivity index (χ0v) is 17.7. The maximum Gasteiger partial charge on any atom is 0.500 e. The molecule has 1 aliphatic rings. The van der Waals surface area contributed by atoms with Crippen LogP contribution in [0.4, 0.5) is 0 Å². The molecule has 0 aromatic rings. The Hall–Kier alpha value is -0.293. The average molecular weight is 397 g/mol. The number of nitrogens with one attached hydrogen (secondary N) is 1. The molecule has 0 unspecified atom stereocenters. The van der Waals surface area contributed by atoms with Gasteiger partial charge in [-0.2, -0.15) is 5.10 Å². The highest BCUT2D eigenvalue weighted by atomic mass is 35.5. The normalized spacial score (nSPS) is 15.4. The molecule has 0 radical (unpaired) electrons. The van der Waals surface area contributed by atoms with Crippen LogP contribution in [0.15, 0.2) is 16.3 Å². The van der Waals surface area contributed by atoms with E-state index in [-0.39, 0.29) is 0 Å². The Morgan fingerprint density at radius 3 is 2.25 bits per heavy atom. The van der Waals surface area contributed by atoms with Crippen LogP contribution < -0.4 is 5.53 Å². The van der Waals surface area contributed by atoms with Gasteiger partial charge in [-0.1, -0.05) is 11.6 Å². The summed E-state index contributed by atoms with van der Waals surface area (Å²) in [6.45, 7) is 7.72. The van der Waals surface area contributed by atoms with Crippen molar-refractivity contribution in [3.63, 3.8) is 0 Å². The number of hydrogen-bond acceptors (Lipinski definition) is 8. The van der Waals surface area contributed by atoms with E-state index in [1.54, 1.807) is 23.1 Å². The van der Waals surface area contributed by atoms with Gasteiger partial charge in [0.2, 0.25) is 0 Å². The van der Waals surface area contributed by atoms with Gasteiger partial charge in [0, 0.05) is 40.0 Å². The predicted octanol–water partition coefficient (Wildman–Crippen LogP) is 2.85. The van der Waals surface area contributed by atoms with Crippen LogP contribution in [-0.4, -0.2) is 63.6 Å². The highest BCUT2D eigenvalue weighted by molar-refractivity contribution is 8.14. The van der Waals surface area contributed by atoms with Crippen LogP contribution in [-0.2, 0) is 13.3 Å². The molecule has 1 rings (SSSR count). The van der Waals surface area contributed by atoms with E-state index < -0.39 is 8.80 Å². The summed E-state index contributed by atoms with van der Waals surface area (Å²) >= 11 is 7.89. The molecular formula is C14H29ClN4O3SSi. The van der Waals surface area contributed by atoms with Gasteiger partial charge in [0.1, 0.15) is 5.04 Å². The van der Waals surface area contributed by atoms with Crippen molar-refractivity contribution in [2.24, 2.45) is 5.10 Å². The molecule has 0 saturated heterocycles. The van der Waals surface area contributed by atoms with Crippen molar-refractivity contribution in [1.29, 1.82) is 0 Å². The molecule has 0 aromatic heterocycles. The Morgan fingerprint density at radius 2 is 1.79 bits per heavy atom. The topological polar surface area (TPSA) is 58.6 Å². The zero-order valence-electron chi connectivity index (χ0n) is 15.2. The quantitative estimate of drug-likeness (QED) is 0.425. The molecule has 0 aromatic carbocycles. The summed E-state index contributed by atoms with van der Waals surface area (Å²) in [7, 11) is 1.25. The van der Waals surface area contributed by atoms with Crippen LogP contribution in [0, 0.1) is 0 Å². The van der Waals surface area contributed by atoms with Crippen molar-refractivity contribution in [3.05, 3.63) is 11.2 Å². The lowest BCUT2D eigenvalue weighted by Gasteiger charge is -2.29. The molecule has 0 bridgehead atoms. The first-order valence-corrected chi connectivity index (χ1v) is 11.5. The largest absolute Gasteiger partial charge is 0.500 e. The first kappa shape index (κ1) is 21.7. The second kappa shape index (κ2) is 11.3. The summed E-state index contributed by atoms with van der Waals surface area (Å²) in [5, 5.41) is 9.25. The van der Waals surface area contributed by atoms with E-state index >= 15 is 0 Å². The van der Waals surface area contributed by atoms with Crippen molar-refractivity contribution in [2.75, 3.05) is 39.7 Å². The molecule has 7 nitrogen and oxygen atoms in total. The van der Waals surface area contributed by atoms with Crippen molar-refractivity contribution in [3.8, 4) is 0 Å². The van der Waals surface area contributed by atoms with E-state index in [0.29, 0.717) is 24.9 Å². The van der Waals surface area contributed by atoms with Crippen LogP contribution >= 0.6 is 23.4 Å². The molecular weight excluding hydrogens is 368 g/mol. The van der Waals surface area contributed by atoms with E-state index in [0.717, 1.165) is 23.3 Å². The van der Waals surface area contributed by atoms with Crippen LogP contribution in [0.1, 0.15) is 27.2 Å². The van der Waals surface area contributed by atoms with E-state index in [1.165, 1.54) is 0 Å². The van der Waals surface area contributed by atoms with Gasteiger partial charge in [0.25, 0.3) is 0 Å². The van der Waals surface area contributed by atoms with Gasteiger partial charge in [0.05, 0.1) is 11.2 Å². The van der Waals surface area contributed by atoms with Gasteiger partial charge in [-0.05, 0) is 32.9 Å². The van der Waals surface area contributed by atoms with Gasteiger partial charge >= 0.3 is 8.80 Å². The maximum absolute atomic E-state index is 6.28. The zero-order chi connectivity index (χ0) is 18.0. The molecule has 140 valence electrons.